The van der Waals surface area contributed by atoms with Gasteiger partial charge >= 0.3 is 0 Å². The third kappa shape index (κ3) is 3.06. The van der Waals surface area contributed by atoms with E-state index in [2.05, 4.69) is 40.6 Å². The minimum atomic E-state index is 0.510. The van der Waals surface area contributed by atoms with Crippen LogP contribution in [-0.4, -0.2) is 27.1 Å². The summed E-state index contributed by atoms with van der Waals surface area (Å²) in [5.74, 6) is 0. The molecule has 0 radical (unpaired) electrons. The smallest absolute Gasteiger partial charge is 0.0951 e. The first-order valence-electron chi connectivity index (χ1n) is 8.08. The Labute approximate surface area is 126 Å². The van der Waals surface area contributed by atoms with Crippen LogP contribution in [0.4, 0.5) is 0 Å². The second kappa shape index (κ2) is 6.52. The van der Waals surface area contributed by atoms with E-state index in [1.165, 1.54) is 50.6 Å². The molecule has 1 saturated carbocycles. The lowest BCUT2D eigenvalue weighted by atomic mass is 9.93. The van der Waals surface area contributed by atoms with Crippen molar-refractivity contribution in [2.24, 2.45) is 0 Å². The zero-order chi connectivity index (χ0) is 13.9. The maximum absolute atomic E-state index is 4.46. The van der Waals surface area contributed by atoms with Crippen LogP contribution < -0.4 is 5.32 Å². The van der Waals surface area contributed by atoms with Crippen LogP contribution in [0.25, 0.3) is 0 Å². The maximum atomic E-state index is 4.46. The molecule has 1 aliphatic carbocycles. The summed E-state index contributed by atoms with van der Waals surface area (Å²) in [7, 11) is 0. The van der Waals surface area contributed by atoms with Crippen LogP contribution in [0.3, 0.4) is 0 Å². The lowest BCUT2D eigenvalue weighted by Gasteiger charge is -2.34. The molecule has 3 nitrogen and oxygen atoms in total. The van der Waals surface area contributed by atoms with Gasteiger partial charge in [-0.2, -0.15) is 11.8 Å². The lowest BCUT2D eigenvalue weighted by Crippen LogP contribution is -2.36. The number of piperidine rings is 1. The van der Waals surface area contributed by atoms with E-state index in [1.807, 2.05) is 11.8 Å². The Hall–Kier alpha value is -0.480. The Bertz CT molecular complexity index is 431. The van der Waals surface area contributed by atoms with Crippen LogP contribution in [0.1, 0.15) is 69.6 Å². The number of hydrogen-bond acceptors (Lipinski definition) is 3. The van der Waals surface area contributed by atoms with Crippen molar-refractivity contribution in [2.45, 2.75) is 75.2 Å². The van der Waals surface area contributed by atoms with Gasteiger partial charge in [-0.15, -0.1) is 0 Å². The number of rotatable bonds is 3. The van der Waals surface area contributed by atoms with Crippen molar-refractivity contribution in [2.75, 3.05) is 6.26 Å². The third-order valence-electron chi connectivity index (χ3n) is 4.99. The van der Waals surface area contributed by atoms with Crippen LogP contribution in [0, 0.1) is 0 Å². The molecular weight excluding hydrogens is 266 g/mol. The fraction of sp³-hybridized carbons (Fsp3) is 0.812. The van der Waals surface area contributed by atoms with Gasteiger partial charge < -0.3 is 9.88 Å². The summed E-state index contributed by atoms with van der Waals surface area (Å²) < 4.78 is 2.48. The zero-order valence-corrected chi connectivity index (χ0v) is 13.5. The predicted molar refractivity (Wildman–Crippen MR) is 86.2 cm³/mol. The highest BCUT2D eigenvalue weighted by Crippen LogP contribution is 2.36. The number of nitrogens with zero attached hydrogens (tertiary/aromatic N) is 2. The summed E-state index contributed by atoms with van der Waals surface area (Å²) in [5.41, 5.74) is 1.42. The van der Waals surface area contributed by atoms with E-state index in [-0.39, 0.29) is 0 Å². The molecule has 1 N–H and O–H groups in total. The second-order valence-corrected chi connectivity index (χ2v) is 7.59. The van der Waals surface area contributed by atoms with Crippen LogP contribution in [0.2, 0.25) is 0 Å². The molecule has 3 rings (SSSR count). The number of aromatic nitrogens is 2. The van der Waals surface area contributed by atoms with Crippen molar-refractivity contribution >= 4 is 11.8 Å². The van der Waals surface area contributed by atoms with E-state index >= 15 is 0 Å². The topological polar surface area (TPSA) is 29.9 Å². The summed E-state index contributed by atoms with van der Waals surface area (Å²) >= 11 is 2.04. The molecule has 1 aromatic heterocycles. The molecule has 0 amide bonds. The van der Waals surface area contributed by atoms with Gasteiger partial charge in [0.25, 0.3) is 0 Å². The summed E-state index contributed by atoms with van der Waals surface area (Å²) in [4.78, 5) is 4.46. The van der Waals surface area contributed by atoms with Crippen molar-refractivity contribution in [3.05, 3.63) is 18.2 Å². The molecule has 20 heavy (non-hydrogen) atoms. The van der Waals surface area contributed by atoms with Crippen LogP contribution in [0.15, 0.2) is 12.5 Å². The molecule has 2 aliphatic rings. The average molecular weight is 293 g/mol. The fourth-order valence-corrected chi connectivity index (χ4v) is 4.67. The first-order valence-corrected chi connectivity index (χ1v) is 9.37. The van der Waals surface area contributed by atoms with E-state index in [0.717, 1.165) is 5.25 Å². The normalized spacial score (nSPS) is 35.1. The summed E-state index contributed by atoms with van der Waals surface area (Å²) in [6, 6.07) is 1.82. The van der Waals surface area contributed by atoms with Gasteiger partial charge in [0.15, 0.2) is 0 Å². The van der Waals surface area contributed by atoms with E-state index in [4.69, 9.17) is 0 Å². The Balaban J connectivity index is 1.75. The molecular formula is C16H27N3S. The van der Waals surface area contributed by atoms with Gasteiger partial charge in [0.05, 0.1) is 12.0 Å². The molecule has 2 fully saturated rings. The van der Waals surface area contributed by atoms with E-state index in [9.17, 15) is 0 Å². The monoisotopic (exact) mass is 293 g/mol. The first-order chi connectivity index (χ1) is 9.78. The Morgan fingerprint density at radius 1 is 1.25 bits per heavy atom. The fourth-order valence-electron chi connectivity index (χ4n) is 3.85. The predicted octanol–water partition coefficient (Wildman–Crippen LogP) is 3.93. The lowest BCUT2D eigenvalue weighted by molar-refractivity contribution is 0.303. The SMILES string of the molecule is CSC1CCCC(n2cncc2C2CCCC(C)N2)C1. The minimum Gasteiger partial charge on any atom is -0.330 e. The molecule has 1 saturated heterocycles. The summed E-state index contributed by atoms with van der Waals surface area (Å²) in [6.45, 7) is 2.30. The molecule has 1 aromatic rings. The Morgan fingerprint density at radius 2 is 2.10 bits per heavy atom. The van der Waals surface area contributed by atoms with E-state index < -0.39 is 0 Å². The third-order valence-corrected chi connectivity index (χ3v) is 6.09. The average Bonchev–Trinajstić information content (AvgIpc) is 2.97. The van der Waals surface area contributed by atoms with Crippen molar-refractivity contribution in [3.8, 4) is 0 Å². The summed E-state index contributed by atoms with van der Waals surface area (Å²) in [6.07, 6.45) is 15.7. The van der Waals surface area contributed by atoms with Crippen molar-refractivity contribution in [3.63, 3.8) is 0 Å². The van der Waals surface area contributed by atoms with Crippen molar-refractivity contribution in [1.82, 2.24) is 14.9 Å². The van der Waals surface area contributed by atoms with Crippen LogP contribution >= 0.6 is 11.8 Å². The molecule has 0 bridgehead atoms. The van der Waals surface area contributed by atoms with Gasteiger partial charge in [0.2, 0.25) is 0 Å². The largest absolute Gasteiger partial charge is 0.330 e. The highest BCUT2D eigenvalue weighted by molar-refractivity contribution is 7.99. The zero-order valence-electron chi connectivity index (χ0n) is 12.7. The maximum Gasteiger partial charge on any atom is 0.0951 e. The van der Waals surface area contributed by atoms with Gasteiger partial charge in [-0.1, -0.05) is 6.42 Å². The Morgan fingerprint density at radius 3 is 2.90 bits per heavy atom. The van der Waals surface area contributed by atoms with Crippen molar-refractivity contribution in [1.29, 1.82) is 0 Å². The van der Waals surface area contributed by atoms with E-state index in [0.29, 0.717) is 18.1 Å². The van der Waals surface area contributed by atoms with Crippen LogP contribution in [0.5, 0.6) is 0 Å². The van der Waals surface area contributed by atoms with Gasteiger partial charge in [-0.3, -0.25) is 0 Å². The second-order valence-electron chi connectivity index (χ2n) is 6.46. The van der Waals surface area contributed by atoms with Crippen molar-refractivity contribution < 1.29 is 0 Å². The molecule has 4 unspecified atom stereocenters. The highest BCUT2D eigenvalue weighted by atomic mass is 32.2. The number of hydrogen-bond donors (Lipinski definition) is 1. The Kier molecular flexibility index (Phi) is 4.72. The number of thioether (sulfide) groups is 1. The molecule has 112 valence electrons. The summed E-state index contributed by atoms with van der Waals surface area (Å²) in [5, 5.41) is 4.59. The standard InChI is InChI=1S/C16H27N3S/c1-12-5-3-8-15(18-12)16-10-17-11-19(16)13-6-4-7-14(9-13)20-2/h10-15,18H,3-9H2,1-2H3. The molecule has 1 aliphatic heterocycles. The van der Waals surface area contributed by atoms with Crippen LogP contribution in [-0.2, 0) is 0 Å². The van der Waals surface area contributed by atoms with Gasteiger partial charge in [0.1, 0.15) is 0 Å². The first kappa shape index (κ1) is 14.5. The number of nitrogens with one attached hydrogen (secondary N) is 1. The quantitative estimate of drug-likeness (QED) is 0.915. The molecule has 0 spiro atoms. The molecule has 4 atom stereocenters. The molecule has 4 heteroatoms. The van der Waals surface area contributed by atoms with Gasteiger partial charge in [-0.25, -0.2) is 4.98 Å². The van der Waals surface area contributed by atoms with E-state index in [1.54, 1.807) is 0 Å². The highest BCUT2D eigenvalue weighted by Gasteiger charge is 2.27. The molecule has 0 aromatic carbocycles. The number of imidazole rings is 1. The molecule has 2 heterocycles. The van der Waals surface area contributed by atoms with Gasteiger partial charge in [-0.05, 0) is 51.7 Å². The van der Waals surface area contributed by atoms with Gasteiger partial charge in [0, 0.05) is 29.6 Å². The minimum absolute atomic E-state index is 0.510.